The molecule has 0 spiro atoms. The number of methoxy groups -OCH3 is 1. The topological polar surface area (TPSA) is 147 Å². The molecule has 3 aliphatic rings. The summed E-state index contributed by atoms with van der Waals surface area (Å²) < 4.78 is 18.2. The summed E-state index contributed by atoms with van der Waals surface area (Å²) in [6, 6.07) is 6.54. The van der Waals surface area contributed by atoms with Gasteiger partial charge in [0, 0.05) is 42.9 Å². The van der Waals surface area contributed by atoms with Crippen LogP contribution in [0.15, 0.2) is 49.3 Å². The van der Waals surface area contributed by atoms with E-state index < -0.39 is 17.5 Å². The van der Waals surface area contributed by atoms with Gasteiger partial charge in [0.05, 0.1) is 19.3 Å². The molecule has 1 saturated heterocycles. The second-order valence-corrected chi connectivity index (χ2v) is 10.2. The summed E-state index contributed by atoms with van der Waals surface area (Å²) in [5.41, 5.74) is 1.99. The summed E-state index contributed by atoms with van der Waals surface area (Å²) in [6.07, 6.45) is 2.44. The van der Waals surface area contributed by atoms with Crippen LogP contribution >= 0.6 is 0 Å². The van der Waals surface area contributed by atoms with Gasteiger partial charge in [-0.1, -0.05) is 11.8 Å². The van der Waals surface area contributed by atoms with E-state index in [0.717, 1.165) is 28.0 Å². The Morgan fingerprint density at radius 2 is 1.95 bits per heavy atom. The molecule has 3 N–H and O–H groups in total. The summed E-state index contributed by atoms with van der Waals surface area (Å²) in [5.74, 6) is 6.01. The smallest absolute Gasteiger partial charge is 0.330 e. The minimum absolute atomic E-state index is 0.0645. The molecule has 1 aromatic carbocycles. The summed E-state index contributed by atoms with van der Waals surface area (Å²) >= 11 is 0. The second-order valence-electron chi connectivity index (χ2n) is 10.2. The number of phenols is 1. The van der Waals surface area contributed by atoms with Crippen LogP contribution in [0.1, 0.15) is 41.3 Å². The number of nitrogens with one attached hydrogen (secondary N) is 1. The summed E-state index contributed by atoms with van der Waals surface area (Å²) in [6.45, 7) is 4.05. The average molecular weight is 562 g/mol. The van der Waals surface area contributed by atoms with Crippen LogP contribution in [-0.4, -0.2) is 57.8 Å². The molecule has 0 radical (unpaired) electrons. The molecule has 2 aromatic rings. The third-order valence-electron chi connectivity index (χ3n) is 7.27. The van der Waals surface area contributed by atoms with E-state index in [9.17, 15) is 24.7 Å². The molecule has 11 nitrogen and oxygen atoms in total. The number of H-pyrrole nitrogens is 1. The molecule has 3 heterocycles. The molecule has 0 amide bonds. The van der Waals surface area contributed by atoms with Gasteiger partial charge in [0.2, 0.25) is 0 Å². The molecular formula is C30H31N3O8. The van der Waals surface area contributed by atoms with Crippen molar-refractivity contribution in [2.75, 3.05) is 26.8 Å². The second kappa shape index (κ2) is 11.7. The molecule has 0 saturated carbocycles. The van der Waals surface area contributed by atoms with Crippen molar-refractivity contribution in [3.63, 3.8) is 0 Å². The number of aromatic hydroxyl groups is 1. The van der Waals surface area contributed by atoms with Gasteiger partial charge >= 0.3 is 5.69 Å². The number of hydrogen-bond donors (Lipinski definition) is 3. The van der Waals surface area contributed by atoms with Gasteiger partial charge in [-0.3, -0.25) is 19.1 Å². The molecule has 2 aliphatic heterocycles. The molecule has 5 rings (SSSR count). The van der Waals surface area contributed by atoms with Gasteiger partial charge < -0.3 is 24.2 Å². The maximum atomic E-state index is 12.4. The van der Waals surface area contributed by atoms with Crippen molar-refractivity contribution in [2.24, 2.45) is 0 Å². The first-order chi connectivity index (χ1) is 19.6. The highest BCUT2D eigenvalue weighted by molar-refractivity contribution is 5.89. The normalized spacial score (nSPS) is 16.9. The lowest BCUT2D eigenvalue weighted by molar-refractivity contribution is -0.0770. The highest BCUT2D eigenvalue weighted by Crippen LogP contribution is 2.36. The van der Waals surface area contributed by atoms with Crippen molar-refractivity contribution in [1.82, 2.24) is 14.6 Å². The van der Waals surface area contributed by atoms with Gasteiger partial charge in [0.25, 0.3) is 5.56 Å². The first kappa shape index (κ1) is 28.3. The lowest BCUT2D eigenvalue weighted by atomic mass is 9.94. The predicted molar refractivity (Wildman–Crippen MR) is 151 cm³/mol. The molecule has 41 heavy (non-hydrogen) atoms. The van der Waals surface area contributed by atoms with Gasteiger partial charge in [-0.15, -0.1) is 0 Å². The van der Waals surface area contributed by atoms with Crippen LogP contribution < -0.4 is 16.7 Å². The average Bonchev–Trinajstić information content (AvgIpc) is 3.38. The number of aromatic nitrogens is 2. The molecule has 1 fully saturated rings. The molecule has 11 heteroatoms. The fraction of sp³-hybridized carbons (Fsp3) is 0.367. The number of aryl methyl sites for hydroxylation is 2. The number of hydroxylamine groups is 2. The highest BCUT2D eigenvalue weighted by Gasteiger charge is 2.27. The maximum absolute atomic E-state index is 12.4. The third kappa shape index (κ3) is 5.96. The molecule has 214 valence electrons. The van der Waals surface area contributed by atoms with E-state index in [4.69, 9.17) is 13.9 Å². The van der Waals surface area contributed by atoms with Crippen LogP contribution in [-0.2, 0) is 15.9 Å². The molecule has 1 aromatic heterocycles. The number of rotatable bonds is 7. The zero-order valence-electron chi connectivity index (χ0n) is 23.0. The molecule has 0 unspecified atom stereocenters. The van der Waals surface area contributed by atoms with Crippen molar-refractivity contribution in [1.29, 1.82) is 0 Å². The van der Waals surface area contributed by atoms with Gasteiger partial charge in [0.15, 0.2) is 5.43 Å². The number of ether oxygens (including phenoxy) is 2. The lowest BCUT2D eigenvalue weighted by Gasteiger charge is -2.18. The van der Waals surface area contributed by atoms with Crippen LogP contribution in [0.3, 0.4) is 0 Å². The zero-order chi connectivity index (χ0) is 29.3. The van der Waals surface area contributed by atoms with Crippen LogP contribution in [0.2, 0.25) is 0 Å². The fourth-order valence-corrected chi connectivity index (χ4v) is 5.05. The minimum Gasteiger partial charge on any atom is -0.508 e. The zero-order valence-corrected chi connectivity index (χ0v) is 23.0. The number of benzene rings is 2. The number of aromatic amines is 1. The van der Waals surface area contributed by atoms with Crippen molar-refractivity contribution in [3.05, 3.63) is 83.8 Å². The van der Waals surface area contributed by atoms with Crippen LogP contribution in [0.4, 0.5) is 0 Å². The van der Waals surface area contributed by atoms with E-state index in [2.05, 4.69) is 16.8 Å². The van der Waals surface area contributed by atoms with Gasteiger partial charge in [0.1, 0.15) is 28.9 Å². The van der Waals surface area contributed by atoms with Gasteiger partial charge in [-0.25, -0.2) is 4.79 Å². The largest absolute Gasteiger partial charge is 0.508 e. The number of nitrogens with zero attached hydrogens (tertiary/aromatic N) is 2. The summed E-state index contributed by atoms with van der Waals surface area (Å²) in [5, 5.41) is 22.6. The van der Waals surface area contributed by atoms with Crippen molar-refractivity contribution in [2.45, 2.75) is 45.4 Å². The third-order valence-corrected chi connectivity index (χ3v) is 7.27. The predicted octanol–water partition coefficient (Wildman–Crippen LogP) is 2.68. The van der Waals surface area contributed by atoms with E-state index in [1.807, 2.05) is 6.07 Å². The van der Waals surface area contributed by atoms with E-state index in [1.54, 1.807) is 27.0 Å². The quantitative estimate of drug-likeness (QED) is 0.176. The molecule has 1 aliphatic carbocycles. The Morgan fingerprint density at radius 3 is 2.73 bits per heavy atom. The van der Waals surface area contributed by atoms with E-state index in [1.165, 1.54) is 22.9 Å². The van der Waals surface area contributed by atoms with E-state index in [0.29, 0.717) is 41.9 Å². The van der Waals surface area contributed by atoms with E-state index in [-0.39, 0.29) is 35.9 Å². The number of hydrogen-bond acceptors (Lipinski definition) is 9. The van der Waals surface area contributed by atoms with Crippen LogP contribution in [0, 0.1) is 25.7 Å². The monoisotopic (exact) mass is 561 g/mol. The van der Waals surface area contributed by atoms with Crippen molar-refractivity contribution >= 4 is 11.0 Å². The standard InChI is InChI=1S/C30H31N3O8/c1-17-11-22-21(23-12-18(2)25(35)14-27(23)41-26(22)13-24(17)34)8-10-32(38)9-4-5-19-15-33(30(37)31-29(19)36)28-7-6-20(40-28)16-39-3/h11-15,20,28,34,38H,6-10,16H2,1-3H3,(H,31,36,37)/t20-,28+/m0/s1. The molecule has 0 bridgehead atoms. The molecule has 2 atom stereocenters. The van der Waals surface area contributed by atoms with Crippen LogP contribution in [0.5, 0.6) is 5.75 Å². The summed E-state index contributed by atoms with van der Waals surface area (Å²) in [7, 11) is 1.58. The lowest BCUT2D eigenvalue weighted by Crippen LogP contribution is -2.33. The SMILES string of the molecule is COC[C@@H]1CC[C@H](n2cc(C#CCN(O)CCc3c4cc(C)c(=O)cc-4oc4cc(O)c(C)cc34)c(=O)[nH]c2=O)O1. The highest BCUT2D eigenvalue weighted by atomic mass is 16.5. The summed E-state index contributed by atoms with van der Waals surface area (Å²) in [4.78, 5) is 39.3. The van der Waals surface area contributed by atoms with Gasteiger partial charge in [-0.05, 0) is 61.9 Å². The molecular weight excluding hydrogens is 530 g/mol. The minimum atomic E-state index is -0.618. The fourth-order valence-electron chi connectivity index (χ4n) is 5.05. The van der Waals surface area contributed by atoms with Crippen molar-refractivity contribution in [3.8, 4) is 28.9 Å². The Labute approximate surface area is 234 Å². The Hall–Kier alpha value is -4.21. The van der Waals surface area contributed by atoms with Crippen molar-refractivity contribution < 1.29 is 24.2 Å². The maximum Gasteiger partial charge on any atom is 0.330 e. The number of phenolic OH excluding ortho intramolecular Hbond substituents is 1. The first-order valence-electron chi connectivity index (χ1n) is 13.3. The van der Waals surface area contributed by atoms with E-state index >= 15 is 0 Å². The first-order valence-corrected chi connectivity index (χ1v) is 13.3. The number of fused-ring (bicyclic) bond motifs is 2. The van der Waals surface area contributed by atoms with Crippen LogP contribution in [0.25, 0.3) is 22.3 Å². The Bertz CT molecular complexity index is 1810. The Balaban J connectivity index is 1.35. The Morgan fingerprint density at radius 1 is 1.15 bits per heavy atom. The Kier molecular flexibility index (Phi) is 8.10. The van der Waals surface area contributed by atoms with Gasteiger partial charge in [-0.2, -0.15) is 5.06 Å².